The van der Waals surface area contributed by atoms with E-state index in [1.165, 1.54) is 22.3 Å². The summed E-state index contributed by atoms with van der Waals surface area (Å²) in [5.74, 6) is 2.24. The van der Waals surface area contributed by atoms with Gasteiger partial charge in [-0.05, 0) is 126 Å². The highest BCUT2D eigenvalue weighted by Gasteiger charge is 2.45. The first-order valence-electron chi connectivity index (χ1n) is 16.6. The fraction of sp³-hybridized carbons (Fsp3) is 0.421. The van der Waals surface area contributed by atoms with Crippen LogP contribution in [0.5, 0.6) is 17.2 Å². The number of hydrogen-bond donors (Lipinski definition) is 1. The number of ether oxygens (including phenoxy) is 2. The molecule has 6 nitrogen and oxygen atoms in total. The van der Waals surface area contributed by atoms with E-state index in [9.17, 15) is 9.46 Å². The Hall–Kier alpha value is -3.47. The molecule has 0 radical (unpaired) electrons. The number of benzene rings is 3. The zero-order chi connectivity index (χ0) is 31.3. The van der Waals surface area contributed by atoms with Crippen molar-refractivity contribution >= 4 is 13.4 Å². The van der Waals surface area contributed by atoms with Crippen molar-refractivity contribution in [2.24, 2.45) is 0 Å². The molecule has 0 aromatic heterocycles. The van der Waals surface area contributed by atoms with Crippen LogP contribution in [0.15, 0.2) is 59.4 Å². The molecule has 1 N–H and O–H groups in total. The second-order valence-corrected chi connectivity index (χ2v) is 14.1. The van der Waals surface area contributed by atoms with Gasteiger partial charge in [0.1, 0.15) is 23.0 Å². The summed E-state index contributed by atoms with van der Waals surface area (Å²) in [6.07, 6.45) is 8.90. The van der Waals surface area contributed by atoms with E-state index in [0.717, 1.165) is 108 Å². The lowest BCUT2D eigenvalue weighted by atomic mass is 9.70. The summed E-state index contributed by atoms with van der Waals surface area (Å²) in [5, 5.41) is 0. The molecule has 7 rings (SSSR count). The molecule has 0 fully saturated rings. The van der Waals surface area contributed by atoms with Crippen LogP contribution in [0.25, 0.3) is 16.7 Å². The molecule has 7 heteroatoms. The zero-order valence-corrected chi connectivity index (χ0v) is 27.7. The van der Waals surface area contributed by atoms with Crippen LogP contribution in [-0.4, -0.2) is 18.1 Å². The van der Waals surface area contributed by atoms with Crippen LogP contribution in [-0.2, 0) is 21.9 Å². The van der Waals surface area contributed by atoms with Crippen molar-refractivity contribution in [2.45, 2.75) is 91.4 Å². The van der Waals surface area contributed by atoms with Gasteiger partial charge in [0, 0.05) is 27.8 Å². The van der Waals surface area contributed by atoms with E-state index >= 15 is 0 Å². The maximum absolute atomic E-state index is 14.1. The summed E-state index contributed by atoms with van der Waals surface area (Å²) in [5.41, 5.74) is 11.9. The molecule has 1 aliphatic heterocycles. The van der Waals surface area contributed by atoms with Crippen molar-refractivity contribution in [1.29, 1.82) is 0 Å². The van der Waals surface area contributed by atoms with Gasteiger partial charge in [-0.3, -0.25) is 4.89 Å². The molecule has 1 heterocycles. The number of fused-ring (bicyclic) bond motifs is 5. The van der Waals surface area contributed by atoms with E-state index in [2.05, 4.69) is 38.1 Å². The maximum Gasteiger partial charge on any atom is 0.584 e. The molecule has 45 heavy (non-hydrogen) atoms. The Bertz CT molecular complexity index is 1780. The van der Waals surface area contributed by atoms with Gasteiger partial charge in [-0.15, -0.1) is 0 Å². The number of phosphoric acid groups is 1. The summed E-state index contributed by atoms with van der Waals surface area (Å²) in [6, 6.07) is 14.5. The lowest BCUT2D eigenvalue weighted by molar-refractivity contribution is 0.239. The van der Waals surface area contributed by atoms with Gasteiger partial charge in [0.15, 0.2) is 0 Å². The minimum atomic E-state index is -4.59. The molecule has 0 bridgehead atoms. The second-order valence-electron chi connectivity index (χ2n) is 12.8. The summed E-state index contributed by atoms with van der Waals surface area (Å²) < 4.78 is 39.0. The third kappa shape index (κ3) is 5.51. The minimum absolute atomic E-state index is 0.269. The topological polar surface area (TPSA) is 74.2 Å². The third-order valence-corrected chi connectivity index (χ3v) is 10.6. The summed E-state index contributed by atoms with van der Waals surface area (Å²) >= 11 is 0. The molecule has 0 amide bonds. The number of hydrogen-bond acceptors (Lipinski definition) is 5. The molecule has 3 aliphatic carbocycles. The van der Waals surface area contributed by atoms with E-state index < -0.39 is 7.82 Å². The smallest absolute Gasteiger partial charge is 0.494 e. The van der Waals surface area contributed by atoms with Crippen molar-refractivity contribution in [3.05, 3.63) is 92.8 Å². The van der Waals surface area contributed by atoms with E-state index in [1.54, 1.807) is 0 Å². The molecule has 0 saturated carbocycles. The van der Waals surface area contributed by atoms with Gasteiger partial charge in [-0.2, -0.15) is 0 Å². The van der Waals surface area contributed by atoms with Crippen molar-refractivity contribution in [3.63, 3.8) is 0 Å². The molecule has 3 aromatic rings. The summed E-state index contributed by atoms with van der Waals surface area (Å²) in [6.45, 7) is 9.13. The Morgan fingerprint density at radius 1 is 0.822 bits per heavy atom. The molecular formula is C38H43O6P. The van der Waals surface area contributed by atoms with Gasteiger partial charge >= 0.3 is 7.82 Å². The van der Waals surface area contributed by atoms with Crippen LogP contribution in [0.4, 0.5) is 0 Å². The number of phosphoric ester groups is 1. The fourth-order valence-electron chi connectivity index (χ4n) is 7.86. The quantitative estimate of drug-likeness (QED) is 0.275. The Labute approximate surface area is 266 Å². The van der Waals surface area contributed by atoms with Crippen LogP contribution in [0.3, 0.4) is 0 Å². The van der Waals surface area contributed by atoms with Crippen LogP contribution in [0, 0.1) is 13.8 Å². The average molecular weight is 627 g/mol. The van der Waals surface area contributed by atoms with Crippen molar-refractivity contribution < 1.29 is 28.0 Å². The lowest BCUT2D eigenvalue weighted by Gasteiger charge is -2.35. The van der Waals surface area contributed by atoms with Crippen molar-refractivity contribution in [1.82, 2.24) is 0 Å². The molecule has 1 unspecified atom stereocenters. The van der Waals surface area contributed by atoms with E-state index in [4.69, 9.17) is 18.5 Å². The van der Waals surface area contributed by atoms with E-state index in [-0.39, 0.29) is 5.92 Å². The normalized spacial score (nSPS) is 22.3. The number of aryl methyl sites for hydroxylation is 3. The average Bonchev–Trinajstić information content (AvgIpc) is 3.15. The molecular weight excluding hydrogens is 583 g/mol. The molecule has 0 saturated heterocycles. The first kappa shape index (κ1) is 30.2. The SMILES string of the molecule is CCOc1ccc(C)cc1-c1cc2c(c3c1OP(=O)(O)OC1=C3C3=C(CCCC3)C[C@H]1c1cc(C)ccc1OCC)CCCC2. The van der Waals surface area contributed by atoms with Crippen LogP contribution in [0.2, 0.25) is 0 Å². The molecule has 236 valence electrons. The Morgan fingerprint density at radius 3 is 2.31 bits per heavy atom. The number of allylic oxidation sites excluding steroid dienone is 4. The van der Waals surface area contributed by atoms with Gasteiger partial charge in [-0.25, -0.2) is 4.57 Å². The zero-order valence-electron chi connectivity index (χ0n) is 26.8. The lowest BCUT2D eigenvalue weighted by Crippen LogP contribution is -2.19. The summed E-state index contributed by atoms with van der Waals surface area (Å²) in [7, 11) is -4.59. The highest BCUT2D eigenvalue weighted by Crippen LogP contribution is 2.63. The first-order valence-corrected chi connectivity index (χ1v) is 18.1. The van der Waals surface area contributed by atoms with Gasteiger partial charge in [0.2, 0.25) is 0 Å². The van der Waals surface area contributed by atoms with Gasteiger partial charge < -0.3 is 18.5 Å². The first-order chi connectivity index (χ1) is 21.8. The van der Waals surface area contributed by atoms with Crippen molar-refractivity contribution in [3.8, 4) is 28.4 Å². The van der Waals surface area contributed by atoms with Crippen LogP contribution >= 0.6 is 7.82 Å². The largest absolute Gasteiger partial charge is 0.584 e. The maximum atomic E-state index is 14.1. The Kier molecular flexibility index (Phi) is 8.08. The van der Waals surface area contributed by atoms with E-state index in [0.29, 0.717) is 24.7 Å². The highest BCUT2D eigenvalue weighted by atomic mass is 31.2. The second kappa shape index (κ2) is 12.0. The van der Waals surface area contributed by atoms with Gasteiger partial charge in [0.05, 0.1) is 19.1 Å². The standard InChI is InChI=1S/C38H43O6P/c1-5-41-33-17-15-23(3)19-29(33)31-21-25-11-7-9-13-27(25)35-36-28-14-10-8-12-26(28)22-32(38(36)44-45(39,40)43-37(31)35)30-20-24(4)16-18-34(30)42-6-2/h15-21,32H,5-14,22H2,1-4H3,(H,39,40)/t32-/m0/s1. The van der Waals surface area contributed by atoms with Crippen LogP contribution in [0.1, 0.15) is 98.1 Å². The van der Waals surface area contributed by atoms with Gasteiger partial charge in [0.25, 0.3) is 0 Å². The third-order valence-electron chi connectivity index (χ3n) is 9.74. The van der Waals surface area contributed by atoms with Gasteiger partial charge in [-0.1, -0.05) is 34.9 Å². The minimum Gasteiger partial charge on any atom is -0.494 e. The predicted octanol–water partition coefficient (Wildman–Crippen LogP) is 9.93. The Morgan fingerprint density at radius 2 is 1.51 bits per heavy atom. The highest BCUT2D eigenvalue weighted by molar-refractivity contribution is 7.48. The summed E-state index contributed by atoms with van der Waals surface area (Å²) in [4.78, 5) is 11.5. The molecule has 2 atom stereocenters. The molecule has 0 spiro atoms. The van der Waals surface area contributed by atoms with E-state index in [1.807, 2.05) is 32.0 Å². The van der Waals surface area contributed by atoms with Crippen molar-refractivity contribution in [2.75, 3.05) is 13.2 Å². The van der Waals surface area contributed by atoms with Crippen LogP contribution < -0.4 is 14.0 Å². The fourth-order valence-corrected chi connectivity index (χ4v) is 8.78. The molecule has 4 aliphatic rings. The predicted molar refractivity (Wildman–Crippen MR) is 178 cm³/mol. The number of rotatable bonds is 6. The molecule has 3 aromatic carbocycles. The monoisotopic (exact) mass is 626 g/mol. The Balaban J connectivity index is 1.58.